The molecule has 0 aromatic heterocycles. The summed E-state index contributed by atoms with van der Waals surface area (Å²) in [6, 6.07) is 3.68. The Labute approximate surface area is 154 Å². The van der Waals surface area contributed by atoms with E-state index in [9.17, 15) is 13.2 Å². The fourth-order valence-corrected chi connectivity index (χ4v) is 3.67. The van der Waals surface area contributed by atoms with Crippen molar-refractivity contribution < 1.29 is 22.7 Å². The number of carbonyl (C=O) groups excluding carboxylic acids is 1. The Balaban J connectivity index is 0.00000312. The number of nitrogens with two attached hydrogens (primary N) is 1. The second kappa shape index (κ2) is 9.35. The minimum absolute atomic E-state index is 0. The van der Waals surface area contributed by atoms with E-state index in [1.54, 1.807) is 13.8 Å². The highest BCUT2D eigenvalue weighted by Crippen LogP contribution is 2.29. The highest BCUT2D eigenvalue weighted by molar-refractivity contribution is 7.89. The van der Waals surface area contributed by atoms with Crippen LogP contribution in [-0.4, -0.2) is 57.6 Å². The molecule has 0 unspecified atom stereocenters. The minimum atomic E-state index is -3.66. The summed E-state index contributed by atoms with van der Waals surface area (Å²) in [5, 5.41) is 2.61. The molecule has 142 valence electrons. The van der Waals surface area contributed by atoms with Crippen molar-refractivity contribution in [3.05, 3.63) is 18.2 Å². The van der Waals surface area contributed by atoms with Crippen LogP contribution in [0.1, 0.15) is 13.8 Å². The van der Waals surface area contributed by atoms with E-state index < -0.39 is 22.0 Å². The number of nitrogens with zero attached hydrogens (tertiary/aromatic N) is 1. The van der Waals surface area contributed by atoms with Gasteiger partial charge in [-0.05, 0) is 32.0 Å². The van der Waals surface area contributed by atoms with E-state index in [-0.39, 0.29) is 23.0 Å². The second-order valence-corrected chi connectivity index (χ2v) is 7.32. The van der Waals surface area contributed by atoms with Crippen molar-refractivity contribution >= 4 is 34.0 Å². The van der Waals surface area contributed by atoms with Crippen molar-refractivity contribution in [3.63, 3.8) is 0 Å². The average molecular weight is 394 g/mol. The normalized spacial score (nSPS) is 16.6. The van der Waals surface area contributed by atoms with Crippen LogP contribution in [0.4, 0.5) is 5.69 Å². The van der Waals surface area contributed by atoms with Crippen LogP contribution in [0.15, 0.2) is 23.1 Å². The summed E-state index contributed by atoms with van der Waals surface area (Å²) in [5.74, 6) is -0.0238. The molecular weight excluding hydrogens is 370 g/mol. The molecule has 1 heterocycles. The van der Waals surface area contributed by atoms with Gasteiger partial charge in [-0.2, -0.15) is 4.31 Å². The fourth-order valence-electron chi connectivity index (χ4n) is 2.23. The maximum atomic E-state index is 12.7. The number of hydrogen-bond acceptors (Lipinski definition) is 6. The highest BCUT2D eigenvalue weighted by Gasteiger charge is 2.27. The number of nitrogens with one attached hydrogen (secondary N) is 1. The molecule has 0 spiro atoms. The Bertz CT molecular complexity index is 690. The van der Waals surface area contributed by atoms with Gasteiger partial charge in [0.15, 0.2) is 0 Å². The van der Waals surface area contributed by atoms with Gasteiger partial charge in [0.2, 0.25) is 15.9 Å². The number of hydrogen-bond donors (Lipinski definition) is 2. The van der Waals surface area contributed by atoms with Gasteiger partial charge in [-0.25, -0.2) is 8.42 Å². The number of anilines is 1. The van der Waals surface area contributed by atoms with Gasteiger partial charge in [-0.3, -0.25) is 4.79 Å². The van der Waals surface area contributed by atoms with E-state index in [2.05, 4.69) is 5.32 Å². The topological polar surface area (TPSA) is 111 Å². The number of rotatable bonds is 6. The average Bonchev–Trinajstić information content (AvgIpc) is 2.57. The summed E-state index contributed by atoms with van der Waals surface area (Å²) in [6.45, 7) is 5.07. The van der Waals surface area contributed by atoms with E-state index in [0.29, 0.717) is 38.7 Å². The zero-order chi connectivity index (χ0) is 17.7. The lowest BCUT2D eigenvalue weighted by Crippen LogP contribution is -2.40. The molecule has 1 aliphatic rings. The third-order valence-corrected chi connectivity index (χ3v) is 5.42. The van der Waals surface area contributed by atoms with Crippen LogP contribution in [0.25, 0.3) is 0 Å². The van der Waals surface area contributed by atoms with Gasteiger partial charge in [0.1, 0.15) is 5.75 Å². The fraction of sp³-hybridized carbons (Fsp3) is 0.533. The summed E-state index contributed by atoms with van der Waals surface area (Å²) < 4.78 is 37.4. The van der Waals surface area contributed by atoms with Gasteiger partial charge >= 0.3 is 0 Å². The largest absolute Gasteiger partial charge is 0.492 e. The van der Waals surface area contributed by atoms with Crippen molar-refractivity contribution in [3.8, 4) is 5.75 Å². The predicted molar refractivity (Wildman–Crippen MR) is 96.7 cm³/mol. The lowest BCUT2D eigenvalue weighted by atomic mass is 10.2. The van der Waals surface area contributed by atoms with Gasteiger partial charge in [0.25, 0.3) is 0 Å². The molecule has 1 amide bonds. The summed E-state index contributed by atoms with van der Waals surface area (Å²) in [6.07, 6.45) is 0. The zero-order valence-electron chi connectivity index (χ0n) is 14.2. The minimum Gasteiger partial charge on any atom is -0.492 e. The Hall–Kier alpha value is -1.39. The Morgan fingerprint density at radius 3 is 2.60 bits per heavy atom. The second-order valence-electron chi connectivity index (χ2n) is 5.39. The number of amides is 1. The number of halogens is 1. The van der Waals surface area contributed by atoms with Gasteiger partial charge in [0.05, 0.1) is 36.4 Å². The lowest BCUT2D eigenvalue weighted by Gasteiger charge is -2.26. The predicted octanol–water partition coefficient (Wildman–Crippen LogP) is 0.814. The Kier molecular flexibility index (Phi) is 8.10. The van der Waals surface area contributed by atoms with E-state index >= 15 is 0 Å². The molecule has 8 nitrogen and oxygen atoms in total. The quantitative estimate of drug-likeness (QED) is 0.740. The first-order valence-corrected chi connectivity index (χ1v) is 9.21. The summed E-state index contributed by atoms with van der Waals surface area (Å²) in [7, 11) is -3.66. The van der Waals surface area contributed by atoms with Crippen LogP contribution in [-0.2, 0) is 19.6 Å². The van der Waals surface area contributed by atoms with Gasteiger partial charge in [0, 0.05) is 13.1 Å². The third kappa shape index (κ3) is 5.29. The van der Waals surface area contributed by atoms with E-state index in [4.69, 9.17) is 15.2 Å². The molecule has 0 aliphatic carbocycles. The highest BCUT2D eigenvalue weighted by atomic mass is 35.5. The van der Waals surface area contributed by atoms with Crippen molar-refractivity contribution in [2.24, 2.45) is 5.73 Å². The molecule has 0 bridgehead atoms. The van der Waals surface area contributed by atoms with E-state index in [1.807, 2.05) is 0 Å². The molecule has 1 aromatic carbocycles. The monoisotopic (exact) mass is 393 g/mol. The Morgan fingerprint density at radius 1 is 1.40 bits per heavy atom. The van der Waals surface area contributed by atoms with Crippen LogP contribution in [0.5, 0.6) is 5.75 Å². The summed E-state index contributed by atoms with van der Waals surface area (Å²) in [4.78, 5) is 12.0. The smallest absolute Gasteiger partial charge is 0.243 e. The van der Waals surface area contributed by atoms with Crippen molar-refractivity contribution in [1.82, 2.24) is 4.31 Å². The van der Waals surface area contributed by atoms with Crippen LogP contribution in [0.3, 0.4) is 0 Å². The number of sulfonamides is 1. The lowest BCUT2D eigenvalue weighted by molar-refractivity contribution is -0.117. The van der Waals surface area contributed by atoms with Gasteiger partial charge in [-0.1, -0.05) is 0 Å². The van der Waals surface area contributed by atoms with Crippen LogP contribution in [0.2, 0.25) is 0 Å². The molecular formula is C15H24ClN3O5S. The molecule has 1 aromatic rings. The van der Waals surface area contributed by atoms with E-state index in [0.717, 1.165) is 0 Å². The van der Waals surface area contributed by atoms with Crippen molar-refractivity contribution in [2.45, 2.75) is 24.8 Å². The third-order valence-electron chi connectivity index (χ3n) is 3.53. The maximum Gasteiger partial charge on any atom is 0.243 e. The number of carbonyl (C=O) groups is 1. The molecule has 1 atom stereocenters. The number of morpholine rings is 1. The zero-order valence-corrected chi connectivity index (χ0v) is 15.9. The SMILES string of the molecule is CCOc1ccc(S(=O)(=O)N2CCOCC2)cc1NC(=O)[C@H](C)N.Cl. The molecule has 2 rings (SSSR count). The number of benzene rings is 1. The van der Waals surface area contributed by atoms with Crippen molar-refractivity contribution in [1.29, 1.82) is 0 Å². The van der Waals surface area contributed by atoms with Crippen LogP contribution in [0, 0.1) is 0 Å². The van der Waals surface area contributed by atoms with Crippen molar-refractivity contribution in [2.75, 3.05) is 38.2 Å². The first-order chi connectivity index (χ1) is 11.4. The standard InChI is InChI=1S/C15H23N3O5S.ClH/c1-3-23-14-5-4-12(10-13(14)17-15(19)11(2)16)24(20,21)18-6-8-22-9-7-18;/h4-5,10-11H,3,6-9,16H2,1-2H3,(H,17,19);1H/t11-;/m0./s1. The van der Waals surface area contributed by atoms with Gasteiger partial charge < -0.3 is 20.5 Å². The molecule has 1 saturated heterocycles. The molecule has 0 saturated carbocycles. The molecule has 25 heavy (non-hydrogen) atoms. The molecule has 3 N–H and O–H groups in total. The van der Waals surface area contributed by atoms with Gasteiger partial charge in [-0.15, -0.1) is 12.4 Å². The molecule has 0 radical (unpaired) electrons. The number of ether oxygens (including phenoxy) is 2. The first kappa shape index (κ1) is 21.7. The van der Waals surface area contributed by atoms with Crippen LogP contribution < -0.4 is 15.8 Å². The first-order valence-electron chi connectivity index (χ1n) is 7.77. The molecule has 1 aliphatic heterocycles. The Morgan fingerprint density at radius 2 is 2.04 bits per heavy atom. The summed E-state index contributed by atoms with van der Waals surface area (Å²) >= 11 is 0. The molecule has 1 fully saturated rings. The maximum absolute atomic E-state index is 12.7. The molecule has 10 heteroatoms. The van der Waals surface area contributed by atoms with E-state index in [1.165, 1.54) is 22.5 Å². The van der Waals surface area contributed by atoms with Crippen LogP contribution >= 0.6 is 12.4 Å². The summed E-state index contributed by atoms with van der Waals surface area (Å²) in [5.41, 5.74) is 5.84.